The van der Waals surface area contributed by atoms with Crippen molar-refractivity contribution in [2.75, 3.05) is 40.1 Å². The van der Waals surface area contributed by atoms with Gasteiger partial charge in [0.15, 0.2) is 0 Å². The number of hydrogen-bond acceptors (Lipinski definition) is 9. The molecule has 0 radical (unpaired) electrons. The van der Waals surface area contributed by atoms with Gasteiger partial charge in [-0.15, -0.1) is 0 Å². The summed E-state index contributed by atoms with van der Waals surface area (Å²) >= 11 is 0. The fourth-order valence-electron chi connectivity index (χ4n) is 7.69. The lowest BCUT2D eigenvalue weighted by Gasteiger charge is -2.28. The van der Waals surface area contributed by atoms with Gasteiger partial charge in [-0.25, -0.2) is 4.79 Å². The third-order valence-electron chi connectivity index (χ3n) is 12.4. The van der Waals surface area contributed by atoms with Crippen LogP contribution in [0.4, 0.5) is 4.79 Å². The van der Waals surface area contributed by atoms with Crippen LogP contribution in [-0.4, -0.2) is 81.3 Å². The van der Waals surface area contributed by atoms with E-state index < -0.39 is 29.7 Å². The summed E-state index contributed by atoms with van der Waals surface area (Å²) in [4.78, 5) is 50.6. The van der Waals surface area contributed by atoms with E-state index in [9.17, 15) is 19.2 Å². The van der Waals surface area contributed by atoms with Crippen LogP contribution in [0.15, 0.2) is 0 Å². The van der Waals surface area contributed by atoms with Crippen LogP contribution < -0.4 is 10.6 Å². The molecule has 0 rings (SSSR count). The Morgan fingerprint density at radius 2 is 0.846 bits per heavy atom. The van der Waals surface area contributed by atoms with E-state index in [1.54, 1.807) is 7.11 Å². The number of ether oxygens (including phenoxy) is 5. The van der Waals surface area contributed by atoms with E-state index in [1.165, 1.54) is 161 Å². The van der Waals surface area contributed by atoms with Gasteiger partial charge in [0, 0.05) is 20.1 Å². The molecule has 384 valence electrons. The summed E-state index contributed by atoms with van der Waals surface area (Å²) in [5.74, 6) is -1.31. The molecule has 0 aliphatic rings. The van der Waals surface area contributed by atoms with E-state index in [-0.39, 0.29) is 44.2 Å². The van der Waals surface area contributed by atoms with Crippen LogP contribution in [-0.2, 0) is 38.1 Å². The van der Waals surface area contributed by atoms with Crippen molar-refractivity contribution in [1.82, 2.24) is 10.6 Å². The van der Waals surface area contributed by atoms with Crippen molar-refractivity contribution in [2.24, 2.45) is 0 Å². The van der Waals surface area contributed by atoms with Gasteiger partial charge >= 0.3 is 18.0 Å². The Bertz CT molecular complexity index is 1130. The number of carbonyl (C=O) groups excluding carboxylic acids is 4. The van der Waals surface area contributed by atoms with Crippen LogP contribution in [0.3, 0.4) is 0 Å². The molecule has 0 heterocycles. The van der Waals surface area contributed by atoms with Crippen molar-refractivity contribution < 1.29 is 42.9 Å². The van der Waals surface area contributed by atoms with Crippen molar-refractivity contribution in [2.45, 2.75) is 284 Å². The summed E-state index contributed by atoms with van der Waals surface area (Å²) in [6.45, 7) is 12.9. The van der Waals surface area contributed by atoms with Gasteiger partial charge in [-0.1, -0.05) is 200 Å². The fourth-order valence-corrected chi connectivity index (χ4v) is 7.69. The zero-order chi connectivity index (χ0) is 48.1. The third kappa shape index (κ3) is 45.2. The second kappa shape index (κ2) is 44.1. The van der Waals surface area contributed by atoms with E-state index in [2.05, 4.69) is 24.5 Å². The normalized spacial score (nSPS) is 12.2. The van der Waals surface area contributed by atoms with Gasteiger partial charge in [0.25, 0.3) is 0 Å². The molecule has 11 nitrogen and oxygen atoms in total. The lowest BCUT2D eigenvalue weighted by atomic mass is 10.0. The summed E-state index contributed by atoms with van der Waals surface area (Å²) in [5.41, 5.74) is -1.01. The minimum absolute atomic E-state index is 0.0423. The number of rotatable bonds is 48. The second-order valence-corrected chi connectivity index (χ2v) is 20.0. The molecule has 0 aromatic heterocycles. The number of esters is 2. The Balaban J connectivity index is 4.54. The number of alkyl carbamates (subject to hydrolysis) is 1. The standard InChI is InChI=1S/C54H104N2O9/c1-8-10-12-14-16-18-20-22-24-26-28-30-32-34-36-38-43-55-52(60)63-46-48(56-49(57)39-37-35-33-31-29-27-25-23-21-19-17-15-13-11-9-2)45-62-50(58)40-41-51(59)64-47-54(5,6)65-44-42-53(3,4)61-7/h48H,8-47H2,1-7H3,(H,55,60)(H,56,57). The van der Waals surface area contributed by atoms with Gasteiger partial charge in [0.05, 0.1) is 36.7 Å². The predicted octanol–water partition coefficient (Wildman–Crippen LogP) is 14.2. The van der Waals surface area contributed by atoms with Crippen LogP contribution in [0.2, 0.25) is 0 Å². The molecule has 0 saturated carbocycles. The summed E-state index contributed by atoms with van der Waals surface area (Å²) in [6.07, 6.45) is 39.6. The molecule has 1 unspecified atom stereocenters. The second-order valence-electron chi connectivity index (χ2n) is 20.0. The molecule has 2 N–H and O–H groups in total. The minimum Gasteiger partial charge on any atom is -0.463 e. The van der Waals surface area contributed by atoms with E-state index >= 15 is 0 Å². The SMILES string of the molecule is CCCCCCCCCCCCCCCCCCNC(=O)OCC(COC(=O)CCC(=O)OCC(C)(C)OCCC(C)(C)OC)NC(=O)CCCCCCCCCCCCCCCCC. The highest BCUT2D eigenvalue weighted by molar-refractivity contribution is 5.78. The molecule has 0 aromatic rings. The van der Waals surface area contributed by atoms with Crippen molar-refractivity contribution in [3.05, 3.63) is 0 Å². The van der Waals surface area contributed by atoms with Gasteiger partial charge in [-0.2, -0.15) is 0 Å². The zero-order valence-electron chi connectivity index (χ0n) is 43.5. The summed E-state index contributed by atoms with van der Waals surface area (Å²) in [6, 6.07) is -0.711. The van der Waals surface area contributed by atoms with Gasteiger partial charge in [-0.3, -0.25) is 14.4 Å². The topological polar surface area (TPSA) is 138 Å². The molecule has 0 fully saturated rings. The smallest absolute Gasteiger partial charge is 0.407 e. The van der Waals surface area contributed by atoms with Crippen molar-refractivity contribution in [3.63, 3.8) is 0 Å². The maximum Gasteiger partial charge on any atom is 0.407 e. The first kappa shape index (κ1) is 62.6. The number of hydrogen-bond donors (Lipinski definition) is 2. The third-order valence-corrected chi connectivity index (χ3v) is 12.4. The molecule has 1 atom stereocenters. The zero-order valence-corrected chi connectivity index (χ0v) is 43.5. The van der Waals surface area contributed by atoms with E-state index in [4.69, 9.17) is 23.7 Å². The molecule has 0 bridgehead atoms. The Labute approximate surface area is 399 Å². The van der Waals surface area contributed by atoms with Crippen LogP contribution >= 0.6 is 0 Å². The fraction of sp³-hybridized carbons (Fsp3) is 0.926. The Morgan fingerprint density at radius 1 is 0.462 bits per heavy atom. The Kier molecular flexibility index (Phi) is 42.5. The lowest BCUT2D eigenvalue weighted by molar-refractivity contribution is -0.157. The van der Waals surface area contributed by atoms with Gasteiger partial charge < -0.3 is 34.3 Å². The summed E-state index contributed by atoms with van der Waals surface area (Å²) in [5, 5.41) is 5.72. The van der Waals surface area contributed by atoms with Crippen LogP contribution in [0.25, 0.3) is 0 Å². The molecule has 0 aliphatic carbocycles. The first-order valence-electron chi connectivity index (χ1n) is 27.0. The minimum atomic E-state index is -0.711. The Hall–Kier alpha value is -2.40. The monoisotopic (exact) mass is 925 g/mol. The first-order valence-corrected chi connectivity index (χ1v) is 27.0. The largest absolute Gasteiger partial charge is 0.463 e. The predicted molar refractivity (Wildman–Crippen MR) is 267 cm³/mol. The maximum atomic E-state index is 12.9. The molecular formula is C54H104N2O9. The molecule has 0 aromatic carbocycles. The van der Waals surface area contributed by atoms with Gasteiger partial charge in [-0.05, 0) is 47.0 Å². The van der Waals surface area contributed by atoms with Crippen LogP contribution in [0.1, 0.15) is 266 Å². The summed E-state index contributed by atoms with van der Waals surface area (Å²) in [7, 11) is 1.66. The molecule has 0 aliphatic heterocycles. The highest BCUT2D eigenvalue weighted by Crippen LogP contribution is 2.18. The van der Waals surface area contributed by atoms with Crippen molar-refractivity contribution in [3.8, 4) is 0 Å². The number of unbranched alkanes of at least 4 members (excludes halogenated alkanes) is 29. The van der Waals surface area contributed by atoms with Crippen LogP contribution in [0.5, 0.6) is 0 Å². The van der Waals surface area contributed by atoms with E-state index in [0.717, 1.165) is 38.5 Å². The van der Waals surface area contributed by atoms with Gasteiger partial charge in [0.1, 0.15) is 19.8 Å². The number of amides is 2. The van der Waals surface area contributed by atoms with Gasteiger partial charge in [0.2, 0.25) is 5.91 Å². The molecule has 65 heavy (non-hydrogen) atoms. The Morgan fingerprint density at radius 3 is 1.28 bits per heavy atom. The lowest BCUT2D eigenvalue weighted by Crippen LogP contribution is -2.43. The highest BCUT2D eigenvalue weighted by Gasteiger charge is 2.24. The quantitative estimate of drug-likeness (QED) is 0.0347. The molecule has 11 heteroatoms. The highest BCUT2D eigenvalue weighted by atomic mass is 16.6. The number of nitrogens with one attached hydrogen (secondary N) is 2. The van der Waals surface area contributed by atoms with E-state index in [0.29, 0.717) is 26.0 Å². The average molecular weight is 925 g/mol. The molecule has 0 saturated heterocycles. The average Bonchev–Trinajstić information content (AvgIpc) is 3.28. The molecule has 0 spiro atoms. The first-order chi connectivity index (χ1) is 31.3. The molecular weight excluding hydrogens is 821 g/mol. The van der Waals surface area contributed by atoms with E-state index in [1.807, 2.05) is 27.7 Å². The maximum absolute atomic E-state index is 12.9. The number of carbonyl (C=O) groups is 4. The molecule has 2 amide bonds. The van der Waals surface area contributed by atoms with Crippen molar-refractivity contribution in [1.29, 1.82) is 0 Å². The van der Waals surface area contributed by atoms with Crippen LogP contribution in [0, 0.1) is 0 Å². The summed E-state index contributed by atoms with van der Waals surface area (Å²) < 4.78 is 27.6. The number of methoxy groups -OCH3 is 1. The van der Waals surface area contributed by atoms with Crippen molar-refractivity contribution >= 4 is 23.9 Å².